The second kappa shape index (κ2) is 3.16. The van der Waals surface area contributed by atoms with Crippen LogP contribution in [0.3, 0.4) is 0 Å². The molecule has 4 atom stereocenters. The van der Waals surface area contributed by atoms with Crippen LogP contribution < -0.4 is 5.32 Å². The Balaban J connectivity index is 1.84. The molecule has 3 aliphatic rings. The van der Waals surface area contributed by atoms with E-state index in [1.165, 1.54) is 0 Å². The maximum Gasteiger partial charge on any atom is 0.143 e. The molecule has 0 aromatic carbocycles. The van der Waals surface area contributed by atoms with Crippen LogP contribution in [-0.2, 0) is 4.79 Å². The third-order valence-electron chi connectivity index (χ3n) is 4.02. The van der Waals surface area contributed by atoms with Gasteiger partial charge in [0.15, 0.2) is 0 Å². The SMILES string of the molecule is O=C1C2CNCCC2CC2N=CCC12. The first kappa shape index (κ1) is 8.60. The highest BCUT2D eigenvalue weighted by molar-refractivity contribution is 5.89. The van der Waals surface area contributed by atoms with Crippen molar-refractivity contribution in [2.45, 2.75) is 25.3 Å². The molecule has 3 heteroatoms. The van der Waals surface area contributed by atoms with Crippen LogP contribution in [0.1, 0.15) is 19.3 Å². The lowest BCUT2D eigenvalue weighted by atomic mass is 9.68. The normalized spacial score (nSPS) is 46.1. The number of aliphatic imine (C=N–C) groups is 1. The van der Waals surface area contributed by atoms with Crippen molar-refractivity contribution in [2.24, 2.45) is 22.7 Å². The molecule has 2 fully saturated rings. The fourth-order valence-electron chi connectivity index (χ4n) is 3.21. The summed E-state index contributed by atoms with van der Waals surface area (Å²) in [5.41, 5.74) is 0. The zero-order valence-electron chi connectivity index (χ0n) is 8.28. The van der Waals surface area contributed by atoms with Gasteiger partial charge in [-0.1, -0.05) is 0 Å². The summed E-state index contributed by atoms with van der Waals surface area (Å²) >= 11 is 0. The summed E-state index contributed by atoms with van der Waals surface area (Å²) in [7, 11) is 0. The lowest BCUT2D eigenvalue weighted by molar-refractivity contribution is -0.132. The molecule has 0 spiro atoms. The van der Waals surface area contributed by atoms with Crippen LogP contribution in [0.25, 0.3) is 0 Å². The molecule has 14 heavy (non-hydrogen) atoms. The Hall–Kier alpha value is -0.700. The highest BCUT2D eigenvalue weighted by Gasteiger charge is 2.45. The fourth-order valence-corrected chi connectivity index (χ4v) is 3.21. The summed E-state index contributed by atoms with van der Waals surface area (Å²) in [5, 5.41) is 3.33. The average Bonchev–Trinajstić information content (AvgIpc) is 2.66. The Morgan fingerprint density at radius 2 is 2.36 bits per heavy atom. The topological polar surface area (TPSA) is 41.5 Å². The second-order valence-corrected chi connectivity index (χ2v) is 4.74. The summed E-state index contributed by atoms with van der Waals surface area (Å²) < 4.78 is 0. The summed E-state index contributed by atoms with van der Waals surface area (Å²) in [4.78, 5) is 16.6. The first-order chi connectivity index (χ1) is 6.86. The summed E-state index contributed by atoms with van der Waals surface area (Å²) in [6, 6.07) is 0.335. The van der Waals surface area contributed by atoms with Crippen molar-refractivity contribution in [3.05, 3.63) is 0 Å². The molecule has 3 rings (SSSR count). The average molecular weight is 192 g/mol. The van der Waals surface area contributed by atoms with Gasteiger partial charge in [-0.3, -0.25) is 9.79 Å². The van der Waals surface area contributed by atoms with Gasteiger partial charge in [0.25, 0.3) is 0 Å². The summed E-state index contributed by atoms with van der Waals surface area (Å²) in [6.45, 7) is 1.99. The number of fused-ring (bicyclic) bond motifs is 2. The number of hydrogen-bond donors (Lipinski definition) is 1. The molecule has 2 heterocycles. The van der Waals surface area contributed by atoms with E-state index < -0.39 is 0 Å². The number of rotatable bonds is 0. The van der Waals surface area contributed by atoms with E-state index in [9.17, 15) is 4.79 Å². The Morgan fingerprint density at radius 3 is 3.29 bits per heavy atom. The van der Waals surface area contributed by atoms with Crippen molar-refractivity contribution in [1.82, 2.24) is 5.32 Å². The molecule has 1 aliphatic carbocycles. The molecule has 1 N–H and O–H groups in total. The molecule has 4 unspecified atom stereocenters. The first-order valence-corrected chi connectivity index (χ1v) is 5.62. The van der Waals surface area contributed by atoms with Crippen LogP contribution in [0.5, 0.6) is 0 Å². The maximum atomic E-state index is 12.1. The van der Waals surface area contributed by atoms with Gasteiger partial charge < -0.3 is 5.32 Å². The van der Waals surface area contributed by atoms with E-state index in [-0.39, 0.29) is 5.92 Å². The van der Waals surface area contributed by atoms with Crippen LogP contribution in [-0.4, -0.2) is 31.1 Å². The highest BCUT2D eigenvalue weighted by atomic mass is 16.1. The molecule has 3 nitrogen and oxygen atoms in total. The van der Waals surface area contributed by atoms with Crippen LogP contribution in [0.4, 0.5) is 0 Å². The molecule has 0 aromatic heterocycles. The smallest absolute Gasteiger partial charge is 0.143 e. The molecule has 1 saturated carbocycles. The first-order valence-electron chi connectivity index (χ1n) is 5.62. The van der Waals surface area contributed by atoms with Gasteiger partial charge in [-0.2, -0.15) is 0 Å². The van der Waals surface area contributed by atoms with Crippen LogP contribution in [0.2, 0.25) is 0 Å². The van der Waals surface area contributed by atoms with Crippen LogP contribution in [0.15, 0.2) is 4.99 Å². The number of carbonyl (C=O) groups is 1. The van der Waals surface area contributed by atoms with Crippen LogP contribution in [0, 0.1) is 17.8 Å². The van der Waals surface area contributed by atoms with Gasteiger partial charge in [-0.15, -0.1) is 0 Å². The molecule has 76 valence electrons. The van der Waals surface area contributed by atoms with E-state index in [1.54, 1.807) is 0 Å². The molecule has 0 radical (unpaired) electrons. The van der Waals surface area contributed by atoms with Crippen molar-refractivity contribution in [3.8, 4) is 0 Å². The number of nitrogens with zero attached hydrogens (tertiary/aromatic N) is 1. The minimum absolute atomic E-state index is 0.233. The Kier molecular flexibility index (Phi) is 1.94. The van der Waals surface area contributed by atoms with Crippen molar-refractivity contribution in [1.29, 1.82) is 0 Å². The Bertz CT molecular complexity index is 287. The summed E-state index contributed by atoms with van der Waals surface area (Å²) in [5.74, 6) is 1.62. The zero-order valence-corrected chi connectivity index (χ0v) is 8.28. The predicted molar refractivity (Wildman–Crippen MR) is 54.5 cm³/mol. The Labute approximate surface area is 84.0 Å². The van der Waals surface area contributed by atoms with E-state index in [1.807, 2.05) is 6.21 Å². The van der Waals surface area contributed by atoms with Gasteiger partial charge in [0.05, 0.1) is 6.04 Å². The van der Waals surface area contributed by atoms with Crippen molar-refractivity contribution in [2.75, 3.05) is 13.1 Å². The van der Waals surface area contributed by atoms with Gasteiger partial charge >= 0.3 is 0 Å². The quantitative estimate of drug-likeness (QED) is 0.612. The standard InChI is InChI=1S/C11H16N2O/c14-11-8-2-4-13-10(8)5-7-1-3-12-6-9(7)11/h4,7-10,12H,1-3,5-6H2. The third kappa shape index (κ3) is 1.15. The molecule has 0 amide bonds. The van der Waals surface area contributed by atoms with E-state index in [0.717, 1.165) is 32.4 Å². The Morgan fingerprint density at radius 1 is 1.43 bits per heavy atom. The monoisotopic (exact) mass is 192 g/mol. The molecular formula is C11H16N2O. The molecule has 2 aliphatic heterocycles. The van der Waals surface area contributed by atoms with Gasteiger partial charge in [0, 0.05) is 18.4 Å². The highest BCUT2D eigenvalue weighted by Crippen LogP contribution is 2.39. The van der Waals surface area contributed by atoms with Gasteiger partial charge in [0.1, 0.15) is 5.78 Å². The lowest BCUT2D eigenvalue weighted by Gasteiger charge is -2.39. The van der Waals surface area contributed by atoms with E-state index in [2.05, 4.69) is 10.3 Å². The largest absolute Gasteiger partial charge is 0.316 e. The summed E-state index contributed by atoms with van der Waals surface area (Å²) in [6.07, 6.45) is 5.17. The van der Waals surface area contributed by atoms with Crippen molar-refractivity contribution in [3.63, 3.8) is 0 Å². The fraction of sp³-hybridized carbons (Fsp3) is 0.818. The molecular weight excluding hydrogens is 176 g/mol. The molecule has 0 aromatic rings. The van der Waals surface area contributed by atoms with Gasteiger partial charge in [-0.25, -0.2) is 0 Å². The van der Waals surface area contributed by atoms with Gasteiger partial charge in [0.2, 0.25) is 0 Å². The second-order valence-electron chi connectivity index (χ2n) is 4.74. The molecule has 1 saturated heterocycles. The number of Topliss-reactive ketones (excluding diaryl/α,β-unsaturated/α-hetero) is 1. The van der Waals surface area contributed by atoms with Gasteiger partial charge in [-0.05, 0) is 37.9 Å². The lowest BCUT2D eigenvalue weighted by Crippen LogP contribution is -2.49. The third-order valence-corrected chi connectivity index (χ3v) is 4.02. The van der Waals surface area contributed by atoms with Crippen LogP contribution >= 0.6 is 0 Å². The molecule has 0 bridgehead atoms. The maximum absolute atomic E-state index is 12.1. The van der Waals surface area contributed by atoms with Crippen molar-refractivity contribution >= 4 is 12.0 Å². The minimum Gasteiger partial charge on any atom is -0.316 e. The van der Waals surface area contributed by atoms with Crippen molar-refractivity contribution < 1.29 is 4.79 Å². The number of ketones is 1. The zero-order chi connectivity index (χ0) is 9.54. The van der Waals surface area contributed by atoms with E-state index in [0.29, 0.717) is 23.7 Å². The number of hydrogen-bond acceptors (Lipinski definition) is 3. The predicted octanol–water partition coefficient (Wildman–Crippen LogP) is 0.644. The number of nitrogens with one attached hydrogen (secondary N) is 1. The number of carbonyl (C=O) groups excluding carboxylic acids is 1. The number of piperidine rings is 1. The van der Waals surface area contributed by atoms with E-state index in [4.69, 9.17) is 0 Å². The van der Waals surface area contributed by atoms with E-state index >= 15 is 0 Å². The minimum atomic E-state index is 0.233.